The molecule has 0 bridgehead atoms. The van der Waals surface area contributed by atoms with Crippen molar-refractivity contribution in [3.05, 3.63) is 11.5 Å². The van der Waals surface area contributed by atoms with Gasteiger partial charge < -0.3 is 14.6 Å². The number of hydrogen-bond donors (Lipinski definition) is 1. The van der Waals surface area contributed by atoms with Gasteiger partial charge in [-0.25, -0.2) is 9.59 Å². The van der Waals surface area contributed by atoms with Crippen LogP contribution in [0.15, 0.2) is 11.5 Å². The van der Waals surface area contributed by atoms with Crippen molar-refractivity contribution in [1.29, 1.82) is 0 Å². The van der Waals surface area contributed by atoms with Crippen LogP contribution in [0.1, 0.15) is 13.3 Å². The Hall–Kier alpha value is -1.87. The van der Waals surface area contributed by atoms with Crippen LogP contribution in [0.2, 0.25) is 0 Å². The average molecular weight is 317 g/mol. The first kappa shape index (κ1) is 17.2. The van der Waals surface area contributed by atoms with Crippen LogP contribution in [0.5, 0.6) is 0 Å². The van der Waals surface area contributed by atoms with Gasteiger partial charge in [0.2, 0.25) is 12.1 Å². The Balaban J connectivity index is 2.53. The molecule has 1 N–H and O–H groups in total. The Morgan fingerprint density at radius 2 is 2.19 bits per heavy atom. The van der Waals surface area contributed by atoms with Gasteiger partial charge in [0.05, 0.1) is 18.9 Å². The van der Waals surface area contributed by atoms with Gasteiger partial charge in [-0.2, -0.15) is 0 Å². The Kier molecular flexibility index (Phi) is 6.38. The number of likely N-dealkylation sites (tertiary alicyclic amines) is 1. The molecule has 0 aliphatic carbocycles. The fourth-order valence-corrected chi connectivity index (χ4v) is 2.40. The second-order valence-corrected chi connectivity index (χ2v) is 5.19. The van der Waals surface area contributed by atoms with E-state index >= 15 is 0 Å². The first-order valence-electron chi connectivity index (χ1n) is 5.92. The molecule has 1 unspecified atom stereocenters. The predicted molar refractivity (Wildman–Crippen MR) is 71.6 cm³/mol. The SMILES string of the molecule is COC(=O)C=CS[C@H]1CC(=O)N1C(O)C(=O)OCC(C)=O. The van der Waals surface area contributed by atoms with Crippen LogP contribution in [0.4, 0.5) is 0 Å². The number of aliphatic hydroxyl groups is 1. The lowest BCUT2D eigenvalue weighted by Gasteiger charge is -2.41. The minimum absolute atomic E-state index is 0.118. The molecular weight excluding hydrogens is 302 g/mol. The summed E-state index contributed by atoms with van der Waals surface area (Å²) in [7, 11) is 1.23. The largest absolute Gasteiger partial charge is 0.466 e. The first-order chi connectivity index (χ1) is 9.86. The van der Waals surface area contributed by atoms with Crippen LogP contribution >= 0.6 is 11.8 Å². The van der Waals surface area contributed by atoms with E-state index in [0.717, 1.165) is 22.7 Å². The fraction of sp³-hybridized carbons (Fsp3) is 0.500. The molecule has 1 amide bonds. The van der Waals surface area contributed by atoms with E-state index in [9.17, 15) is 24.3 Å². The van der Waals surface area contributed by atoms with Crippen molar-refractivity contribution in [3.63, 3.8) is 0 Å². The summed E-state index contributed by atoms with van der Waals surface area (Å²) in [4.78, 5) is 45.4. The average Bonchev–Trinajstić information content (AvgIpc) is 2.42. The maximum Gasteiger partial charge on any atom is 0.357 e. The van der Waals surface area contributed by atoms with Gasteiger partial charge in [0.25, 0.3) is 0 Å². The highest BCUT2D eigenvalue weighted by atomic mass is 32.2. The van der Waals surface area contributed by atoms with E-state index in [1.165, 1.54) is 19.4 Å². The van der Waals surface area contributed by atoms with E-state index in [-0.39, 0.29) is 12.2 Å². The second kappa shape index (κ2) is 7.79. The van der Waals surface area contributed by atoms with Crippen LogP contribution in [0.25, 0.3) is 0 Å². The molecule has 8 nitrogen and oxygen atoms in total. The summed E-state index contributed by atoms with van der Waals surface area (Å²) in [6, 6.07) is 0. The zero-order valence-electron chi connectivity index (χ0n) is 11.5. The van der Waals surface area contributed by atoms with Crippen LogP contribution in [0.3, 0.4) is 0 Å². The predicted octanol–water partition coefficient (Wildman–Crippen LogP) is -0.585. The number of aliphatic hydroxyl groups excluding tert-OH is 1. The Bertz CT molecular complexity index is 476. The van der Waals surface area contributed by atoms with Gasteiger partial charge in [-0.3, -0.25) is 14.5 Å². The molecule has 1 rings (SSSR count). The van der Waals surface area contributed by atoms with Crippen molar-refractivity contribution < 1.29 is 33.8 Å². The second-order valence-electron chi connectivity index (χ2n) is 4.11. The lowest BCUT2D eigenvalue weighted by Crippen LogP contribution is -2.58. The van der Waals surface area contributed by atoms with Gasteiger partial charge in [-0.15, -0.1) is 11.8 Å². The third-order valence-electron chi connectivity index (χ3n) is 2.48. The number of nitrogens with zero attached hydrogens (tertiary/aromatic N) is 1. The third-order valence-corrected chi connectivity index (χ3v) is 3.48. The zero-order chi connectivity index (χ0) is 16.0. The van der Waals surface area contributed by atoms with E-state index in [0.29, 0.717) is 0 Å². The lowest BCUT2D eigenvalue weighted by atomic mass is 10.2. The van der Waals surface area contributed by atoms with Gasteiger partial charge in [0.1, 0.15) is 6.61 Å². The molecule has 0 spiro atoms. The molecule has 21 heavy (non-hydrogen) atoms. The summed E-state index contributed by atoms with van der Waals surface area (Å²) in [5.41, 5.74) is 0. The summed E-state index contributed by atoms with van der Waals surface area (Å²) in [6.07, 6.45) is -0.492. The first-order valence-corrected chi connectivity index (χ1v) is 6.86. The summed E-state index contributed by atoms with van der Waals surface area (Å²) in [5.74, 6) is -2.43. The molecular formula is C12H15NO7S. The number of esters is 2. The van der Waals surface area contributed by atoms with Crippen LogP contribution in [-0.2, 0) is 28.7 Å². The van der Waals surface area contributed by atoms with E-state index in [1.807, 2.05) is 0 Å². The molecule has 0 radical (unpaired) electrons. The van der Waals surface area contributed by atoms with E-state index in [1.54, 1.807) is 0 Å². The van der Waals surface area contributed by atoms with Crippen LogP contribution < -0.4 is 0 Å². The molecule has 1 fully saturated rings. The Morgan fingerprint density at radius 3 is 2.71 bits per heavy atom. The standard InChI is InChI=1S/C12H15NO7S/c1-7(14)6-20-12(18)11(17)13-8(15)5-9(13)21-4-3-10(16)19-2/h3-4,9,11,17H,5-6H2,1-2H3/t9-,11?/m0/s1. The number of Topliss-reactive ketones (excluding diaryl/α,β-unsaturated/α-hetero) is 1. The van der Waals surface area contributed by atoms with Gasteiger partial charge in [0.15, 0.2) is 5.78 Å². The number of ketones is 1. The molecule has 1 aliphatic rings. The van der Waals surface area contributed by atoms with Crippen molar-refractivity contribution in [3.8, 4) is 0 Å². The Labute approximate surface area is 125 Å². The smallest absolute Gasteiger partial charge is 0.357 e. The van der Waals surface area contributed by atoms with Gasteiger partial charge in [0, 0.05) is 6.08 Å². The van der Waals surface area contributed by atoms with Gasteiger partial charge in [-0.05, 0) is 12.3 Å². The number of methoxy groups -OCH3 is 1. The molecule has 0 saturated carbocycles. The molecule has 0 aromatic rings. The minimum Gasteiger partial charge on any atom is -0.466 e. The molecule has 2 atom stereocenters. The molecule has 116 valence electrons. The molecule has 1 saturated heterocycles. The molecule has 0 aromatic heterocycles. The zero-order valence-corrected chi connectivity index (χ0v) is 12.3. The number of carbonyl (C=O) groups excluding carboxylic acids is 4. The number of ether oxygens (including phenoxy) is 2. The fourth-order valence-electron chi connectivity index (χ4n) is 1.42. The van der Waals surface area contributed by atoms with Gasteiger partial charge in [-0.1, -0.05) is 0 Å². The van der Waals surface area contributed by atoms with Crippen molar-refractivity contribution in [2.45, 2.75) is 24.9 Å². The Morgan fingerprint density at radius 1 is 1.52 bits per heavy atom. The topological polar surface area (TPSA) is 110 Å². The molecule has 1 aliphatic heterocycles. The van der Waals surface area contributed by atoms with E-state index in [4.69, 9.17) is 0 Å². The van der Waals surface area contributed by atoms with Crippen molar-refractivity contribution in [1.82, 2.24) is 4.90 Å². The number of rotatable bonds is 7. The van der Waals surface area contributed by atoms with Crippen molar-refractivity contribution in [2.75, 3.05) is 13.7 Å². The summed E-state index contributed by atoms with van der Waals surface area (Å²) < 4.78 is 8.94. The highest BCUT2D eigenvalue weighted by Crippen LogP contribution is 2.31. The third kappa shape index (κ3) is 4.87. The van der Waals surface area contributed by atoms with Crippen molar-refractivity contribution >= 4 is 35.4 Å². The molecule has 9 heteroatoms. The maximum absolute atomic E-state index is 11.5. The highest BCUT2D eigenvalue weighted by molar-refractivity contribution is 8.02. The number of carbonyl (C=O) groups is 4. The summed E-state index contributed by atoms with van der Waals surface area (Å²) >= 11 is 1.08. The highest BCUT2D eigenvalue weighted by Gasteiger charge is 2.43. The molecule has 1 heterocycles. The normalized spacial score (nSPS) is 19.1. The number of thioether (sulfide) groups is 1. The lowest BCUT2D eigenvalue weighted by molar-refractivity contribution is -0.179. The number of hydrogen-bond acceptors (Lipinski definition) is 8. The van der Waals surface area contributed by atoms with E-state index < -0.39 is 36.1 Å². The number of amides is 1. The maximum atomic E-state index is 11.5. The summed E-state index contributed by atoms with van der Waals surface area (Å²) in [6.45, 7) is 0.767. The van der Waals surface area contributed by atoms with E-state index in [2.05, 4.69) is 9.47 Å². The number of β-lactam (4-membered cyclic amide) rings is 1. The van der Waals surface area contributed by atoms with Crippen LogP contribution in [-0.4, -0.2) is 59.0 Å². The molecule has 0 aromatic carbocycles. The quantitative estimate of drug-likeness (QED) is 0.377. The van der Waals surface area contributed by atoms with Crippen molar-refractivity contribution in [2.24, 2.45) is 0 Å². The summed E-state index contributed by atoms with van der Waals surface area (Å²) in [5, 5.41) is 10.7. The minimum atomic E-state index is -1.77. The van der Waals surface area contributed by atoms with Gasteiger partial charge >= 0.3 is 11.9 Å². The van der Waals surface area contributed by atoms with Crippen LogP contribution in [0, 0.1) is 0 Å². The monoisotopic (exact) mass is 317 g/mol.